The third kappa shape index (κ3) is 4.72. The van der Waals surface area contributed by atoms with Crippen molar-refractivity contribution in [3.63, 3.8) is 0 Å². The van der Waals surface area contributed by atoms with Gasteiger partial charge in [-0.25, -0.2) is 10.8 Å². The predicted molar refractivity (Wildman–Crippen MR) is 122 cm³/mol. The van der Waals surface area contributed by atoms with Crippen LogP contribution >= 0.6 is 59.4 Å². The molecule has 0 saturated carbocycles. The molecule has 0 spiro atoms. The number of carbonyl (C=O) groups is 2. The topological polar surface area (TPSA) is 93.3 Å². The van der Waals surface area contributed by atoms with Crippen LogP contribution in [0.4, 0.5) is 5.69 Å². The minimum Gasteiger partial charge on any atom is -0.319 e. The summed E-state index contributed by atoms with van der Waals surface area (Å²) in [5.41, 5.74) is 0.779. The van der Waals surface area contributed by atoms with Crippen LogP contribution in [-0.4, -0.2) is 33.4 Å². The van der Waals surface area contributed by atoms with Crippen LogP contribution in [0, 0.1) is 0 Å². The first-order valence-corrected chi connectivity index (χ1v) is 10.8. The van der Waals surface area contributed by atoms with E-state index < -0.39 is 11.8 Å². The molecule has 0 radical (unpaired) electrons. The van der Waals surface area contributed by atoms with E-state index in [9.17, 15) is 9.59 Å². The lowest BCUT2D eigenvalue weighted by atomic mass is 10.1. The number of halogens is 4. The lowest BCUT2D eigenvalue weighted by molar-refractivity contribution is 0.0796. The molecule has 0 atom stereocenters. The van der Waals surface area contributed by atoms with E-state index in [2.05, 4.69) is 58.1 Å². The Balaban J connectivity index is 2.05. The SMILES string of the molecule is CN(N)C(=O)c1cc(Br)cc(Br)c1NC(=O)c1cc(Br)cn1-c1ncccc1Cl. The van der Waals surface area contributed by atoms with Gasteiger partial charge in [-0.1, -0.05) is 27.5 Å². The quantitative estimate of drug-likeness (QED) is 0.248. The van der Waals surface area contributed by atoms with Gasteiger partial charge in [0.2, 0.25) is 0 Å². The van der Waals surface area contributed by atoms with Gasteiger partial charge in [-0.2, -0.15) is 0 Å². The van der Waals surface area contributed by atoms with Crippen molar-refractivity contribution in [2.75, 3.05) is 12.4 Å². The molecular formula is C18H13Br3ClN5O2. The molecule has 11 heteroatoms. The molecule has 2 amide bonds. The van der Waals surface area contributed by atoms with Crippen molar-refractivity contribution in [1.82, 2.24) is 14.6 Å². The van der Waals surface area contributed by atoms with Crippen molar-refractivity contribution in [3.8, 4) is 5.82 Å². The normalized spacial score (nSPS) is 10.7. The zero-order valence-electron chi connectivity index (χ0n) is 14.8. The molecule has 0 unspecified atom stereocenters. The fourth-order valence-corrected chi connectivity index (χ4v) is 4.53. The number of hydrazine groups is 1. The number of benzene rings is 1. The lowest BCUT2D eigenvalue weighted by Crippen LogP contribution is -2.34. The number of nitrogens with one attached hydrogen (secondary N) is 1. The third-order valence-electron chi connectivity index (χ3n) is 3.83. The maximum atomic E-state index is 13.1. The van der Waals surface area contributed by atoms with Crippen molar-refractivity contribution in [2.45, 2.75) is 0 Å². The lowest BCUT2D eigenvalue weighted by Gasteiger charge is -2.17. The van der Waals surface area contributed by atoms with E-state index in [1.165, 1.54) is 7.05 Å². The summed E-state index contributed by atoms with van der Waals surface area (Å²) in [5, 5.41) is 4.10. The van der Waals surface area contributed by atoms with Gasteiger partial charge in [-0.05, 0) is 62.2 Å². The van der Waals surface area contributed by atoms with Gasteiger partial charge in [0.25, 0.3) is 11.8 Å². The van der Waals surface area contributed by atoms with Gasteiger partial charge < -0.3 is 5.32 Å². The first-order chi connectivity index (χ1) is 13.7. The number of nitrogens with zero attached hydrogens (tertiary/aromatic N) is 3. The molecule has 0 fully saturated rings. The molecule has 2 aromatic heterocycles. The van der Waals surface area contributed by atoms with E-state index in [-0.39, 0.29) is 16.9 Å². The van der Waals surface area contributed by atoms with E-state index in [4.69, 9.17) is 17.4 Å². The molecule has 2 heterocycles. The molecule has 0 aliphatic heterocycles. The van der Waals surface area contributed by atoms with Crippen molar-refractivity contribution in [3.05, 3.63) is 72.4 Å². The fraction of sp³-hybridized carbons (Fsp3) is 0.0556. The second-order valence-electron chi connectivity index (χ2n) is 5.90. The fourth-order valence-electron chi connectivity index (χ4n) is 2.57. The van der Waals surface area contributed by atoms with E-state index in [0.717, 1.165) is 5.01 Å². The van der Waals surface area contributed by atoms with Crippen LogP contribution in [0.5, 0.6) is 0 Å². The molecule has 0 saturated heterocycles. The average molecular weight is 606 g/mol. The summed E-state index contributed by atoms with van der Waals surface area (Å²) in [7, 11) is 1.42. The van der Waals surface area contributed by atoms with Gasteiger partial charge in [0.1, 0.15) is 5.69 Å². The molecule has 7 nitrogen and oxygen atoms in total. The van der Waals surface area contributed by atoms with Crippen molar-refractivity contribution in [1.29, 1.82) is 0 Å². The Morgan fingerprint density at radius 1 is 1.21 bits per heavy atom. The molecule has 1 aromatic carbocycles. The predicted octanol–water partition coefficient (Wildman–Crippen LogP) is 5.01. The Morgan fingerprint density at radius 2 is 1.93 bits per heavy atom. The minimum absolute atomic E-state index is 0.220. The highest BCUT2D eigenvalue weighted by molar-refractivity contribution is 9.11. The Kier molecular flexibility index (Phi) is 6.79. The smallest absolute Gasteiger partial charge is 0.272 e. The summed E-state index contributed by atoms with van der Waals surface area (Å²) in [5.74, 6) is 5.08. The summed E-state index contributed by atoms with van der Waals surface area (Å²) in [6.07, 6.45) is 3.26. The summed E-state index contributed by atoms with van der Waals surface area (Å²) in [6, 6.07) is 8.30. The number of rotatable bonds is 4. The first kappa shape index (κ1) is 22.0. The minimum atomic E-state index is -0.466. The molecule has 3 N–H and O–H groups in total. The number of amides is 2. The average Bonchev–Trinajstić information content (AvgIpc) is 3.05. The second-order valence-corrected chi connectivity index (χ2v) is 9.00. The monoisotopic (exact) mass is 603 g/mol. The van der Waals surface area contributed by atoms with Gasteiger partial charge in [0, 0.05) is 32.9 Å². The Labute approximate surface area is 196 Å². The van der Waals surface area contributed by atoms with Crippen LogP contribution in [0.15, 0.2) is 56.1 Å². The maximum absolute atomic E-state index is 13.1. The molecule has 0 aliphatic rings. The highest BCUT2D eigenvalue weighted by Gasteiger charge is 2.22. The zero-order chi connectivity index (χ0) is 21.3. The van der Waals surface area contributed by atoms with Crippen LogP contribution in [-0.2, 0) is 0 Å². The Hall–Kier alpha value is -1.72. The molecule has 29 heavy (non-hydrogen) atoms. The molecule has 3 rings (SSSR count). The van der Waals surface area contributed by atoms with E-state index >= 15 is 0 Å². The summed E-state index contributed by atoms with van der Waals surface area (Å²) < 4.78 is 3.39. The first-order valence-electron chi connectivity index (χ1n) is 8.01. The molecule has 150 valence electrons. The van der Waals surface area contributed by atoms with Crippen LogP contribution in [0.2, 0.25) is 5.02 Å². The van der Waals surface area contributed by atoms with Crippen molar-refractivity contribution < 1.29 is 9.59 Å². The number of carbonyl (C=O) groups excluding carboxylic acids is 2. The number of anilines is 1. The number of aromatic nitrogens is 2. The summed E-state index contributed by atoms with van der Waals surface area (Å²) >= 11 is 16.3. The highest BCUT2D eigenvalue weighted by Crippen LogP contribution is 2.32. The van der Waals surface area contributed by atoms with Crippen molar-refractivity contribution >= 4 is 76.9 Å². The second kappa shape index (κ2) is 8.97. The molecule has 0 bridgehead atoms. The molecule has 3 aromatic rings. The van der Waals surface area contributed by atoms with E-state index in [1.807, 2.05) is 0 Å². The summed E-state index contributed by atoms with van der Waals surface area (Å²) in [4.78, 5) is 29.8. The summed E-state index contributed by atoms with van der Waals surface area (Å²) in [6.45, 7) is 0. The Bertz CT molecular complexity index is 1120. The zero-order valence-corrected chi connectivity index (χ0v) is 20.3. The molecular weight excluding hydrogens is 593 g/mol. The number of hydrogen-bond acceptors (Lipinski definition) is 4. The van der Waals surface area contributed by atoms with Gasteiger partial charge in [-0.15, -0.1) is 0 Å². The third-order valence-corrected chi connectivity index (χ3v) is 5.64. The van der Waals surface area contributed by atoms with Crippen LogP contribution in [0.3, 0.4) is 0 Å². The van der Waals surface area contributed by atoms with E-state index in [0.29, 0.717) is 24.3 Å². The highest BCUT2D eigenvalue weighted by atomic mass is 79.9. The number of hydrogen-bond donors (Lipinski definition) is 2. The number of pyridine rings is 1. The maximum Gasteiger partial charge on any atom is 0.272 e. The van der Waals surface area contributed by atoms with Crippen LogP contribution < -0.4 is 11.2 Å². The van der Waals surface area contributed by atoms with Gasteiger partial charge in [0.15, 0.2) is 5.82 Å². The number of nitrogens with two attached hydrogens (primary N) is 1. The molecule has 0 aliphatic carbocycles. The van der Waals surface area contributed by atoms with Crippen LogP contribution in [0.25, 0.3) is 5.82 Å². The van der Waals surface area contributed by atoms with Gasteiger partial charge in [0.05, 0.1) is 16.3 Å². The van der Waals surface area contributed by atoms with Crippen LogP contribution in [0.1, 0.15) is 20.8 Å². The largest absolute Gasteiger partial charge is 0.319 e. The van der Waals surface area contributed by atoms with Gasteiger partial charge >= 0.3 is 0 Å². The standard InChI is InChI=1S/C18H13Br3ClN5O2/c1-26(23)18(29)11-5-9(19)6-12(21)15(11)25-17(28)14-7-10(20)8-27(14)16-13(22)3-2-4-24-16/h2-8H,23H2,1H3,(H,25,28). The van der Waals surface area contributed by atoms with Gasteiger partial charge in [-0.3, -0.25) is 19.2 Å². The Morgan fingerprint density at radius 3 is 2.59 bits per heavy atom. The van der Waals surface area contributed by atoms with Crippen molar-refractivity contribution in [2.24, 2.45) is 5.84 Å². The van der Waals surface area contributed by atoms with E-state index in [1.54, 1.807) is 47.3 Å².